The molecule has 2 aromatic rings. The van der Waals surface area contributed by atoms with Gasteiger partial charge >= 0.3 is 5.97 Å². The van der Waals surface area contributed by atoms with Gasteiger partial charge in [-0.25, -0.2) is 9.18 Å². The molecule has 0 aliphatic carbocycles. The molecule has 1 atom stereocenters. The first-order valence-corrected chi connectivity index (χ1v) is 6.69. The number of aromatic amines is 1. The van der Waals surface area contributed by atoms with Crippen LogP contribution in [0.5, 0.6) is 0 Å². The minimum atomic E-state index is -1.13. The number of carboxylic acids is 1. The Morgan fingerprint density at radius 2 is 2.05 bits per heavy atom. The molecule has 1 amide bonds. The molecule has 1 heterocycles. The van der Waals surface area contributed by atoms with Crippen LogP contribution in [0.15, 0.2) is 18.2 Å². The average molecular weight is 313 g/mol. The summed E-state index contributed by atoms with van der Waals surface area (Å²) in [4.78, 5) is 26.0. The van der Waals surface area contributed by atoms with Crippen molar-refractivity contribution in [3.63, 3.8) is 0 Å². The molecule has 1 aromatic heterocycles. The predicted octanol–water partition coefficient (Wildman–Crippen LogP) is 2.80. The second kappa shape index (κ2) is 5.73. The summed E-state index contributed by atoms with van der Waals surface area (Å²) in [5.41, 5.74) is 0.520. The van der Waals surface area contributed by atoms with Gasteiger partial charge in [-0.05, 0) is 24.1 Å². The number of hydrogen-bond donors (Lipinski definition) is 3. The second-order valence-corrected chi connectivity index (χ2v) is 5.42. The number of carbonyl (C=O) groups excluding carboxylic acids is 1. The zero-order valence-corrected chi connectivity index (χ0v) is 12.2. The Morgan fingerprint density at radius 3 is 2.62 bits per heavy atom. The molecule has 3 N–H and O–H groups in total. The number of carboxylic acid groups (broad SMARTS) is 1. The van der Waals surface area contributed by atoms with E-state index in [-0.39, 0.29) is 16.6 Å². The third-order valence-corrected chi connectivity index (χ3v) is 3.54. The first-order valence-electron chi connectivity index (χ1n) is 6.31. The molecule has 2 rings (SSSR count). The van der Waals surface area contributed by atoms with E-state index in [0.29, 0.717) is 10.9 Å². The molecule has 0 bridgehead atoms. The summed E-state index contributed by atoms with van der Waals surface area (Å²) in [6, 6.07) is 2.88. The van der Waals surface area contributed by atoms with Crippen LogP contribution in [0.2, 0.25) is 5.02 Å². The van der Waals surface area contributed by atoms with Crippen molar-refractivity contribution in [1.29, 1.82) is 0 Å². The van der Waals surface area contributed by atoms with Crippen molar-refractivity contribution in [2.75, 3.05) is 0 Å². The minimum absolute atomic E-state index is 0.0177. The smallest absolute Gasteiger partial charge is 0.326 e. The maximum absolute atomic E-state index is 13.2. The highest BCUT2D eigenvalue weighted by atomic mass is 35.5. The first kappa shape index (κ1) is 15.3. The predicted molar refractivity (Wildman–Crippen MR) is 77.0 cm³/mol. The van der Waals surface area contributed by atoms with Gasteiger partial charge in [0.2, 0.25) is 0 Å². The van der Waals surface area contributed by atoms with Crippen molar-refractivity contribution in [2.24, 2.45) is 5.92 Å². The summed E-state index contributed by atoms with van der Waals surface area (Å²) >= 11 is 6.06. The number of aliphatic carboxylic acids is 1. The quantitative estimate of drug-likeness (QED) is 0.812. The van der Waals surface area contributed by atoms with Gasteiger partial charge in [0, 0.05) is 10.9 Å². The van der Waals surface area contributed by atoms with E-state index in [0.717, 1.165) is 0 Å². The number of H-pyrrole nitrogens is 1. The largest absolute Gasteiger partial charge is 0.480 e. The molecular formula is C14H14ClFN2O3. The molecule has 0 spiro atoms. The van der Waals surface area contributed by atoms with Gasteiger partial charge in [-0.15, -0.1) is 0 Å². The Kier molecular flexibility index (Phi) is 4.18. The van der Waals surface area contributed by atoms with Crippen molar-refractivity contribution in [2.45, 2.75) is 19.9 Å². The molecule has 0 fully saturated rings. The van der Waals surface area contributed by atoms with E-state index in [1.807, 2.05) is 0 Å². The highest BCUT2D eigenvalue weighted by molar-refractivity contribution is 6.38. The van der Waals surface area contributed by atoms with Crippen molar-refractivity contribution >= 4 is 34.4 Å². The van der Waals surface area contributed by atoms with Crippen LogP contribution in [0.1, 0.15) is 24.3 Å². The SMILES string of the molecule is CC(C)[C@H](NC(=O)c1[nH]c2ccc(F)cc2c1Cl)C(=O)O. The van der Waals surface area contributed by atoms with Crippen molar-refractivity contribution in [3.05, 3.63) is 34.7 Å². The summed E-state index contributed by atoms with van der Waals surface area (Å²) in [6.07, 6.45) is 0. The second-order valence-electron chi connectivity index (χ2n) is 5.04. The molecule has 5 nitrogen and oxygen atoms in total. The maximum Gasteiger partial charge on any atom is 0.326 e. The van der Waals surface area contributed by atoms with Crippen LogP contribution in [0, 0.1) is 11.7 Å². The highest BCUT2D eigenvalue weighted by Crippen LogP contribution is 2.28. The van der Waals surface area contributed by atoms with E-state index in [1.54, 1.807) is 13.8 Å². The highest BCUT2D eigenvalue weighted by Gasteiger charge is 2.26. The Morgan fingerprint density at radius 1 is 1.38 bits per heavy atom. The van der Waals surface area contributed by atoms with Gasteiger partial charge in [-0.3, -0.25) is 4.79 Å². The summed E-state index contributed by atoms with van der Waals surface area (Å²) in [6.45, 7) is 3.36. The Hall–Kier alpha value is -2.08. The molecule has 0 unspecified atom stereocenters. The van der Waals surface area contributed by atoms with Crippen LogP contribution in [0.4, 0.5) is 4.39 Å². The van der Waals surface area contributed by atoms with Gasteiger partial charge in [0.25, 0.3) is 5.91 Å². The van der Waals surface area contributed by atoms with Crippen LogP contribution in [0.25, 0.3) is 10.9 Å². The number of rotatable bonds is 4. The van der Waals surface area contributed by atoms with E-state index >= 15 is 0 Å². The molecule has 1 aromatic carbocycles. The van der Waals surface area contributed by atoms with Gasteiger partial charge in [-0.2, -0.15) is 0 Å². The zero-order chi connectivity index (χ0) is 15.7. The fraction of sp³-hybridized carbons (Fsp3) is 0.286. The van der Waals surface area contributed by atoms with Crippen LogP contribution in [-0.4, -0.2) is 28.0 Å². The fourth-order valence-electron chi connectivity index (χ4n) is 2.01. The monoisotopic (exact) mass is 312 g/mol. The van der Waals surface area contributed by atoms with Crippen LogP contribution < -0.4 is 5.32 Å². The summed E-state index contributed by atoms with van der Waals surface area (Å²) in [7, 11) is 0. The zero-order valence-electron chi connectivity index (χ0n) is 11.4. The molecule has 0 saturated heterocycles. The minimum Gasteiger partial charge on any atom is -0.480 e. The van der Waals surface area contributed by atoms with Crippen molar-refractivity contribution in [3.8, 4) is 0 Å². The molecule has 21 heavy (non-hydrogen) atoms. The van der Waals surface area contributed by atoms with E-state index < -0.39 is 23.7 Å². The molecule has 112 valence electrons. The molecule has 0 aliphatic rings. The fourth-order valence-corrected chi connectivity index (χ4v) is 2.30. The number of nitrogens with one attached hydrogen (secondary N) is 2. The number of amides is 1. The molecular weight excluding hydrogens is 299 g/mol. The lowest BCUT2D eigenvalue weighted by Crippen LogP contribution is -2.44. The molecule has 0 saturated carbocycles. The maximum atomic E-state index is 13.2. The van der Waals surface area contributed by atoms with Crippen molar-refractivity contribution < 1.29 is 19.1 Å². The lowest BCUT2D eigenvalue weighted by Gasteiger charge is -2.17. The summed E-state index contributed by atoms with van der Waals surface area (Å²) in [5, 5.41) is 11.9. The van der Waals surface area contributed by atoms with Gasteiger partial charge in [-0.1, -0.05) is 25.4 Å². The summed E-state index contributed by atoms with van der Waals surface area (Å²) in [5.74, 6) is -2.53. The van der Waals surface area contributed by atoms with Gasteiger partial charge < -0.3 is 15.4 Å². The number of halogens is 2. The lowest BCUT2D eigenvalue weighted by molar-refractivity contribution is -0.140. The number of hydrogen-bond acceptors (Lipinski definition) is 2. The van der Waals surface area contributed by atoms with E-state index in [1.165, 1.54) is 18.2 Å². The Labute approximate surface area is 125 Å². The number of aromatic nitrogens is 1. The summed E-state index contributed by atoms with van der Waals surface area (Å²) < 4.78 is 13.2. The third-order valence-electron chi connectivity index (χ3n) is 3.14. The topological polar surface area (TPSA) is 82.2 Å². The van der Waals surface area contributed by atoms with E-state index in [4.69, 9.17) is 16.7 Å². The number of benzene rings is 1. The van der Waals surface area contributed by atoms with Gasteiger partial charge in [0.05, 0.1) is 5.02 Å². The lowest BCUT2D eigenvalue weighted by atomic mass is 10.0. The molecule has 0 radical (unpaired) electrons. The van der Waals surface area contributed by atoms with Gasteiger partial charge in [0.15, 0.2) is 0 Å². The van der Waals surface area contributed by atoms with Crippen LogP contribution in [0.3, 0.4) is 0 Å². The Balaban J connectivity index is 2.35. The van der Waals surface area contributed by atoms with E-state index in [2.05, 4.69) is 10.3 Å². The Bertz CT molecular complexity index is 712. The number of fused-ring (bicyclic) bond motifs is 1. The third kappa shape index (κ3) is 3.00. The number of carbonyl (C=O) groups is 2. The first-order chi connectivity index (χ1) is 9.81. The van der Waals surface area contributed by atoms with Crippen molar-refractivity contribution in [1.82, 2.24) is 10.3 Å². The standard InChI is InChI=1S/C14H14ClFN2O3/c1-6(2)11(14(20)21)18-13(19)12-10(15)8-5-7(16)3-4-9(8)17-12/h3-6,11,17H,1-2H3,(H,18,19)(H,20,21)/t11-/m0/s1. The molecule has 0 aliphatic heterocycles. The normalized spacial score (nSPS) is 12.6. The van der Waals surface area contributed by atoms with E-state index in [9.17, 15) is 14.0 Å². The van der Waals surface area contributed by atoms with Crippen LogP contribution in [-0.2, 0) is 4.79 Å². The van der Waals surface area contributed by atoms with Crippen LogP contribution >= 0.6 is 11.6 Å². The van der Waals surface area contributed by atoms with Gasteiger partial charge in [0.1, 0.15) is 17.6 Å². The average Bonchev–Trinajstić information content (AvgIpc) is 2.72. The molecule has 7 heteroatoms.